The first-order valence-electron chi connectivity index (χ1n) is 5.28. The molecule has 0 bridgehead atoms. The molecule has 3 N–H and O–H groups in total. The van der Waals surface area contributed by atoms with Crippen LogP contribution in [-0.4, -0.2) is 17.8 Å². The van der Waals surface area contributed by atoms with Crippen molar-refractivity contribution in [2.75, 3.05) is 5.32 Å². The summed E-state index contributed by atoms with van der Waals surface area (Å²) in [6.07, 6.45) is 2.18. The number of benzene rings is 1. The van der Waals surface area contributed by atoms with Crippen LogP contribution >= 0.6 is 11.8 Å². The fourth-order valence-electron chi connectivity index (χ4n) is 1.30. The number of guanidine groups is 1. The number of nitrogens with two attached hydrogens (primary N) is 1. The SMILES string of the molecule is NC(=NC1CC1)Nc1ccc(SC(F)F)cc1. The Kier molecular flexibility index (Phi) is 3.83. The number of rotatable bonds is 4. The van der Waals surface area contributed by atoms with Gasteiger partial charge in [-0.05, 0) is 37.1 Å². The summed E-state index contributed by atoms with van der Waals surface area (Å²) in [5.41, 5.74) is 6.43. The Morgan fingerprint density at radius 1 is 1.35 bits per heavy atom. The van der Waals surface area contributed by atoms with Crippen molar-refractivity contribution >= 4 is 23.4 Å². The number of nitrogens with zero attached hydrogens (tertiary/aromatic N) is 1. The predicted molar refractivity (Wildman–Crippen MR) is 66.6 cm³/mol. The molecular weight excluding hydrogens is 244 g/mol. The van der Waals surface area contributed by atoms with Gasteiger partial charge in [-0.15, -0.1) is 0 Å². The van der Waals surface area contributed by atoms with Crippen LogP contribution in [0.5, 0.6) is 0 Å². The number of halogens is 2. The van der Waals surface area contributed by atoms with Crippen LogP contribution in [-0.2, 0) is 0 Å². The molecule has 1 aliphatic rings. The van der Waals surface area contributed by atoms with Crippen molar-refractivity contribution in [3.63, 3.8) is 0 Å². The topological polar surface area (TPSA) is 50.4 Å². The van der Waals surface area contributed by atoms with E-state index < -0.39 is 5.76 Å². The summed E-state index contributed by atoms with van der Waals surface area (Å²) >= 11 is 0.524. The Balaban J connectivity index is 1.92. The first kappa shape index (κ1) is 12.2. The molecule has 17 heavy (non-hydrogen) atoms. The maximum Gasteiger partial charge on any atom is 0.288 e. The third-order valence-corrected chi connectivity index (χ3v) is 2.94. The summed E-state index contributed by atoms with van der Waals surface area (Å²) < 4.78 is 24.2. The third kappa shape index (κ3) is 4.22. The summed E-state index contributed by atoms with van der Waals surface area (Å²) in [6.45, 7) is 0. The predicted octanol–water partition coefficient (Wildman–Crippen LogP) is 2.89. The van der Waals surface area contributed by atoms with E-state index in [1.54, 1.807) is 24.3 Å². The minimum Gasteiger partial charge on any atom is -0.370 e. The van der Waals surface area contributed by atoms with E-state index in [2.05, 4.69) is 10.3 Å². The van der Waals surface area contributed by atoms with E-state index in [1.165, 1.54) is 0 Å². The third-order valence-electron chi connectivity index (χ3n) is 2.22. The van der Waals surface area contributed by atoms with Gasteiger partial charge in [0.25, 0.3) is 5.76 Å². The van der Waals surface area contributed by atoms with Crippen molar-refractivity contribution in [2.24, 2.45) is 10.7 Å². The normalized spacial score (nSPS) is 16.3. The van der Waals surface area contributed by atoms with E-state index >= 15 is 0 Å². The number of nitrogens with one attached hydrogen (secondary N) is 1. The Morgan fingerprint density at radius 2 is 2.00 bits per heavy atom. The summed E-state index contributed by atoms with van der Waals surface area (Å²) in [7, 11) is 0. The molecule has 0 amide bonds. The molecule has 0 heterocycles. The average Bonchev–Trinajstić information content (AvgIpc) is 3.04. The molecule has 1 aromatic carbocycles. The van der Waals surface area contributed by atoms with E-state index in [4.69, 9.17) is 5.73 Å². The highest BCUT2D eigenvalue weighted by Crippen LogP contribution is 2.26. The van der Waals surface area contributed by atoms with Gasteiger partial charge in [0.1, 0.15) is 0 Å². The van der Waals surface area contributed by atoms with Crippen molar-refractivity contribution in [3.05, 3.63) is 24.3 Å². The molecule has 0 saturated heterocycles. The molecule has 1 aromatic rings. The minimum absolute atomic E-state index is 0.358. The molecule has 0 radical (unpaired) electrons. The van der Waals surface area contributed by atoms with Crippen molar-refractivity contribution in [1.29, 1.82) is 0 Å². The van der Waals surface area contributed by atoms with Crippen molar-refractivity contribution < 1.29 is 8.78 Å². The maximum absolute atomic E-state index is 12.1. The van der Waals surface area contributed by atoms with Gasteiger partial charge in [-0.3, -0.25) is 0 Å². The Morgan fingerprint density at radius 3 is 2.53 bits per heavy atom. The molecule has 1 saturated carbocycles. The molecule has 1 fully saturated rings. The number of alkyl halides is 2. The highest BCUT2D eigenvalue weighted by molar-refractivity contribution is 7.99. The maximum atomic E-state index is 12.1. The number of hydrogen-bond acceptors (Lipinski definition) is 2. The van der Waals surface area contributed by atoms with Crippen molar-refractivity contribution in [2.45, 2.75) is 29.5 Å². The molecule has 3 nitrogen and oxygen atoms in total. The molecule has 0 atom stereocenters. The molecule has 1 aliphatic carbocycles. The van der Waals surface area contributed by atoms with Gasteiger partial charge < -0.3 is 11.1 Å². The van der Waals surface area contributed by atoms with Crippen molar-refractivity contribution in [1.82, 2.24) is 0 Å². The number of aliphatic imine (C=N–C) groups is 1. The summed E-state index contributed by atoms with van der Waals surface area (Å²) in [5.74, 6) is -2.02. The lowest BCUT2D eigenvalue weighted by Gasteiger charge is -2.06. The smallest absolute Gasteiger partial charge is 0.288 e. The van der Waals surface area contributed by atoms with E-state index in [1.807, 2.05) is 0 Å². The molecule has 6 heteroatoms. The van der Waals surface area contributed by atoms with E-state index in [9.17, 15) is 8.78 Å². The first-order valence-corrected chi connectivity index (χ1v) is 6.16. The second-order valence-electron chi connectivity index (χ2n) is 3.77. The quantitative estimate of drug-likeness (QED) is 0.495. The highest BCUT2D eigenvalue weighted by atomic mass is 32.2. The van der Waals surface area contributed by atoms with Gasteiger partial charge in [0.2, 0.25) is 0 Å². The zero-order chi connectivity index (χ0) is 12.3. The largest absolute Gasteiger partial charge is 0.370 e. The summed E-state index contributed by atoms with van der Waals surface area (Å²) in [4.78, 5) is 4.74. The lowest BCUT2D eigenvalue weighted by Crippen LogP contribution is -2.22. The number of hydrogen-bond donors (Lipinski definition) is 2. The molecule has 0 aromatic heterocycles. The van der Waals surface area contributed by atoms with Crippen LogP contribution in [0.25, 0.3) is 0 Å². The van der Waals surface area contributed by atoms with Crippen LogP contribution in [0.4, 0.5) is 14.5 Å². The fraction of sp³-hybridized carbons (Fsp3) is 0.364. The van der Waals surface area contributed by atoms with Gasteiger partial charge in [-0.25, -0.2) is 4.99 Å². The van der Waals surface area contributed by atoms with Crippen molar-refractivity contribution in [3.8, 4) is 0 Å². The van der Waals surface area contributed by atoms with Gasteiger partial charge in [-0.2, -0.15) is 8.78 Å². The van der Waals surface area contributed by atoms with Crippen LogP contribution in [0, 0.1) is 0 Å². The molecule has 0 aliphatic heterocycles. The zero-order valence-electron chi connectivity index (χ0n) is 9.07. The van der Waals surface area contributed by atoms with Crippen LogP contribution in [0.1, 0.15) is 12.8 Å². The van der Waals surface area contributed by atoms with Gasteiger partial charge in [-0.1, -0.05) is 11.8 Å². The van der Waals surface area contributed by atoms with Gasteiger partial charge >= 0.3 is 0 Å². The van der Waals surface area contributed by atoms with Crippen LogP contribution in [0.2, 0.25) is 0 Å². The van der Waals surface area contributed by atoms with E-state index in [0.29, 0.717) is 28.7 Å². The van der Waals surface area contributed by atoms with E-state index in [0.717, 1.165) is 18.5 Å². The second kappa shape index (κ2) is 5.35. The molecule has 92 valence electrons. The summed E-state index contributed by atoms with van der Waals surface area (Å²) in [6, 6.07) is 7.03. The Hall–Kier alpha value is -1.30. The molecule has 2 rings (SSSR count). The zero-order valence-corrected chi connectivity index (χ0v) is 9.88. The van der Waals surface area contributed by atoms with Crippen LogP contribution < -0.4 is 11.1 Å². The Bertz CT molecular complexity index is 402. The molecule has 0 unspecified atom stereocenters. The van der Waals surface area contributed by atoms with Gasteiger partial charge in [0.15, 0.2) is 5.96 Å². The van der Waals surface area contributed by atoms with Gasteiger partial charge in [0, 0.05) is 10.6 Å². The van der Waals surface area contributed by atoms with Crippen LogP contribution in [0.15, 0.2) is 34.2 Å². The minimum atomic E-state index is -2.39. The molecular formula is C11H13F2N3S. The second-order valence-corrected chi connectivity index (χ2v) is 4.84. The lowest BCUT2D eigenvalue weighted by atomic mass is 10.3. The number of thioether (sulfide) groups is 1. The Labute approximate surface area is 102 Å². The standard InChI is InChI=1S/C11H13F2N3S/c12-10(13)17-9-5-3-8(4-6-9)16-11(14)15-7-1-2-7/h3-7,10H,1-2H2,(H3,14,15,16). The highest BCUT2D eigenvalue weighted by Gasteiger charge is 2.20. The fourth-order valence-corrected chi connectivity index (χ4v) is 1.80. The average molecular weight is 257 g/mol. The van der Waals surface area contributed by atoms with E-state index in [-0.39, 0.29) is 0 Å². The first-order chi connectivity index (χ1) is 8.13. The monoisotopic (exact) mass is 257 g/mol. The van der Waals surface area contributed by atoms with Gasteiger partial charge in [0.05, 0.1) is 6.04 Å². The lowest BCUT2D eigenvalue weighted by molar-refractivity contribution is 0.252. The number of anilines is 1. The summed E-state index contributed by atoms with van der Waals surface area (Å²) in [5, 5.41) is 2.92. The molecule has 0 spiro atoms. The van der Waals surface area contributed by atoms with Crippen LogP contribution in [0.3, 0.4) is 0 Å².